The van der Waals surface area contributed by atoms with Gasteiger partial charge in [-0.25, -0.2) is 0 Å². The van der Waals surface area contributed by atoms with E-state index in [1.54, 1.807) is 11.8 Å². The quantitative estimate of drug-likeness (QED) is 0.544. The Kier molecular flexibility index (Phi) is 5.73. The van der Waals surface area contributed by atoms with E-state index < -0.39 is 11.9 Å². The smallest absolute Gasteiger partial charge is 0.316 e. The van der Waals surface area contributed by atoms with Crippen molar-refractivity contribution in [3.63, 3.8) is 0 Å². The van der Waals surface area contributed by atoms with E-state index >= 15 is 0 Å². The standard InChI is InChI=1S/C15H24N2O4/c1-2-21-15(20)12-5-10-17(11-13(12)18)14(19)6-9-16-7-3-4-8-16/h12H,2-11H2,1H3. The van der Waals surface area contributed by atoms with Gasteiger partial charge in [-0.2, -0.15) is 0 Å². The van der Waals surface area contributed by atoms with Crippen LogP contribution in [0, 0.1) is 5.92 Å². The monoisotopic (exact) mass is 296 g/mol. The second kappa shape index (κ2) is 7.54. The van der Waals surface area contributed by atoms with Crippen molar-refractivity contribution in [3.8, 4) is 0 Å². The number of esters is 1. The molecule has 1 unspecified atom stereocenters. The number of nitrogens with zero attached hydrogens (tertiary/aromatic N) is 2. The lowest BCUT2D eigenvalue weighted by Crippen LogP contribution is -2.47. The molecule has 0 spiro atoms. The fraction of sp³-hybridized carbons (Fsp3) is 0.800. The molecule has 0 bridgehead atoms. The number of piperidine rings is 1. The van der Waals surface area contributed by atoms with Crippen LogP contribution in [-0.2, 0) is 19.1 Å². The number of hydrogen-bond donors (Lipinski definition) is 0. The Bertz CT molecular complexity index is 404. The number of ketones is 1. The van der Waals surface area contributed by atoms with Gasteiger partial charge in [0, 0.05) is 19.5 Å². The Balaban J connectivity index is 1.77. The summed E-state index contributed by atoms with van der Waals surface area (Å²) in [7, 11) is 0. The van der Waals surface area contributed by atoms with Crippen LogP contribution in [0.25, 0.3) is 0 Å². The lowest BCUT2D eigenvalue weighted by atomic mass is 9.95. The molecular formula is C15H24N2O4. The van der Waals surface area contributed by atoms with E-state index in [1.165, 1.54) is 12.8 Å². The molecular weight excluding hydrogens is 272 g/mol. The third kappa shape index (κ3) is 4.27. The van der Waals surface area contributed by atoms with Gasteiger partial charge in [-0.1, -0.05) is 0 Å². The number of rotatable bonds is 5. The van der Waals surface area contributed by atoms with Crippen LogP contribution in [-0.4, -0.2) is 66.8 Å². The highest BCUT2D eigenvalue weighted by atomic mass is 16.5. The normalized spacial score (nSPS) is 23.4. The highest BCUT2D eigenvalue weighted by molar-refractivity contribution is 6.01. The summed E-state index contributed by atoms with van der Waals surface area (Å²) in [5.41, 5.74) is 0. The third-order valence-electron chi connectivity index (χ3n) is 4.19. The van der Waals surface area contributed by atoms with Gasteiger partial charge >= 0.3 is 5.97 Å². The molecule has 2 aliphatic heterocycles. The fourth-order valence-corrected chi connectivity index (χ4v) is 2.95. The van der Waals surface area contributed by atoms with Crippen molar-refractivity contribution in [2.45, 2.75) is 32.6 Å². The van der Waals surface area contributed by atoms with Gasteiger partial charge in [-0.05, 0) is 39.3 Å². The van der Waals surface area contributed by atoms with E-state index in [2.05, 4.69) is 4.90 Å². The van der Waals surface area contributed by atoms with Gasteiger partial charge in [0.05, 0.1) is 13.2 Å². The van der Waals surface area contributed by atoms with Crippen LogP contribution < -0.4 is 0 Å². The molecule has 0 aliphatic carbocycles. The molecule has 2 rings (SSSR count). The maximum atomic E-state index is 12.1. The van der Waals surface area contributed by atoms with Crippen LogP contribution in [0.1, 0.15) is 32.6 Å². The van der Waals surface area contributed by atoms with E-state index in [0.717, 1.165) is 19.6 Å². The van der Waals surface area contributed by atoms with Gasteiger partial charge in [0.1, 0.15) is 5.92 Å². The number of likely N-dealkylation sites (tertiary alicyclic amines) is 2. The molecule has 1 atom stereocenters. The first-order valence-corrected chi connectivity index (χ1v) is 7.81. The molecule has 118 valence electrons. The molecule has 2 heterocycles. The maximum absolute atomic E-state index is 12.1. The zero-order chi connectivity index (χ0) is 15.2. The maximum Gasteiger partial charge on any atom is 0.316 e. The number of carbonyl (C=O) groups is 3. The summed E-state index contributed by atoms with van der Waals surface area (Å²) in [6.45, 7) is 5.41. The van der Waals surface area contributed by atoms with Crippen molar-refractivity contribution in [2.75, 3.05) is 39.3 Å². The highest BCUT2D eigenvalue weighted by Crippen LogP contribution is 2.17. The van der Waals surface area contributed by atoms with Gasteiger partial charge in [-0.3, -0.25) is 14.4 Å². The zero-order valence-corrected chi connectivity index (χ0v) is 12.7. The van der Waals surface area contributed by atoms with E-state index in [1.807, 2.05) is 0 Å². The Morgan fingerprint density at radius 2 is 1.95 bits per heavy atom. The first-order chi connectivity index (χ1) is 10.1. The minimum atomic E-state index is -0.687. The van der Waals surface area contributed by atoms with E-state index in [-0.39, 0.29) is 24.8 Å². The Labute approximate surface area is 125 Å². The lowest BCUT2D eigenvalue weighted by Gasteiger charge is -2.30. The van der Waals surface area contributed by atoms with Gasteiger partial charge in [0.15, 0.2) is 5.78 Å². The first kappa shape index (κ1) is 15.9. The van der Waals surface area contributed by atoms with E-state index in [4.69, 9.17) is 4.74 Å². The molecule has 6 nitrogen and oxygen atoms in total. The van der Waals surface area contributed by atoms with Crippen LogP contribution in [0.5, 0.6) is 0 Å². The molecule has 21 heavy (non-hydrogen) atoms. The summed E-state index contributed by atoms with van der Waals surface area (Å²) < 4.78 is 4.89. The third-order valence-corrected chi connectivity index (χ3v) is 4.19. The van der Waals surface area contributed by atoms with Crippen LogP contribution in [0.4, 0.5) is 0 Å². The van der Waals surface area contributed by atoms with Gasteiger partial charge in [0.25, 0.3) is 0 Å². The number of hydrogen-bond acceptors (Lipinski definition) is 5. The molecule has 2 saturated heterocycles. The molecule has 0 aromatic heterocycles. The number of ether oxygens (including phenoxy) is 1. The second-order valence-corrected chi connectivity index (χ2v) is 5.67. The molecule has 6 heteroatoms. The van der Waals surface area contributed by atoms with Crippen molar-refractivity contribution >= 4 is 17.7 Å². The average Bonchev–Trinajstić information content (AvgIpc) is 2.98. The number of Topliss-reactive ketones (excluding diaryl/α,β-unsaturated/α-hetero) is 1. The van der Waals surface area contributed by atoms with Gasteiger partial charge in [0.2, 0.25) is 5.91 Å². The summed E-state index contributed by atoms with van der Waals surface area (Å²) in [5, 5.41) is 0. The molecule has 0 radical (unpaired) electrons. The summed E-state index contributed by atoms with van der Waals surface area (Å²) in [4.78, 5) is 39.6. The minimum absolute atomic E-state index is 0.0116. The van der Waals surface area contributed by atoms with Crippen LogP contribution >= 0.6 is 0 Å². The highest BCUT2D eigenvalue weighted by Gasteiger charge is 2.35. The Morgan fingerprint density at radius 3 is 2.57 bits per heavy atom. The average molecular weight is 296 g/mol. The fourth-order valence-electron chi connectivity index (χ4n) is 2.95. The summed E-state index contributed by atoms with van der Waals surface area (Å²) in [6, 6.07) is 0. The summed E-state index contributed by atoms with van der Waals surface area (Å²) in [5.74, 6) is -1.33. The van der Waals surface area contributed by atoms with Gasteiger partial charge in [-0.15, -0.1) is 0 Å². The predicted octanol–water partition coefficient (Wildman–Crippen LogP) is 0.453. The second-order valence-electron chi connectivity index (χ2n) is 5.67. The molecule has 2 aliphatic rings. The minimum Gasteiger partial charge on any atom is -0.465 e. The van der Waals surface area contributed by atoms with Crippen molar-refractivity contribution in [1.82, 2.24) is 9.80 Å². The van der Waals surface area contributed by atoms with Crippen molar-refractivity contribution in [3.05, 3.63) is 0 Å². The van der Waals surface area contributed by atoms with Crippen LogP contribution in [0.2, 0.25) is 0 Å². The first-order valence-electron chi connectivity index (χ1n) is 7.81. The molecule has 0 N–H and O–H groups in total. The molecule has 0 saturated carbocycles. The van der Waals surface area contributed by atoms with Crippen molar-refractivity contribution < 1.29 is 19.1 Å². The summed E-state index contributed by atoms with van der Waals surface area (Å²) >= 11 is 0. The van der Waals surface area contributed by atoms with Gasteiger partial charge < -0.3 is 14.5 Å². The molecule has 2 fully saturated rings. The Hall–Kier alpha value is -1.43. The molecule has 1 amide bonds. The number of carbonyl (C=O) groups excluding carboxylic acids is 3. The number of amides is 1. The Morgan fingerprint density at radius 1 is 1.24 bits per heavy atom. The lowest BCUT2D eigenvalue weighted by molar-refractivity contribution is -0.156. The molecule has 0 aromatic carbocycles. The van der Waals surface area contributed by atoms with E-state index in [9.17, 15) is 14.4 Å². The van der Waals surface area contributed by atoms with Crippen molar-refractivity contribution in [2.24, 2.45) is 5.92 Å². The van der Waals surface area contributed by atoms with Crippen molar-refractivity contribution in [1.29, 1.82) is 0 Å². The van der Waals surface area contributed by atoms with Crippen LogP contribution in [0.3, 0.4) is 0 Å². The zero-order valence-electron chi connectivity index (χ0n) is 12.7. The van der Waals surface area contributed by atoms with E-state index in [0.29, 0.717) is 19.4 Å². The topological polar surface area (TPSA) is 66.9 Å². The van der Waals surface area contributed by atoms with Crippen LogP contribution in [0.15, 0.2) is 0 Å². The SMILES string of the molecule is CCOC(=O)C1CCN(C(=O)CCN2CCCC2)CC1=O. The predicted molar refractivity (Wildman–Crippen MR) is 76.6 cm³/mol. The molecule has 0 aromatic rings. The summed E-state index contributed by atoms with van der Waals surface area (Å²) in [6.07, 6.45) is 3.25. The largest absolute Gasteiger partial charge is 0.465 e.